The van der Waals surface area contributed by atoms with Crippen LogP contribution in [0.1, 0.15) is 81.7 Å². The van der Waals surface area contributed by atoms with E-state index in [4.69, 9.17) is 4.52 Å². The molecule has 1 aliphatic rings. The van der Waals surface area contributed by atoms with Gasteiger partial charge in [-0.25, -0.2) is 0 Å². The van der Waals surface area contributed by atoms with Gasteiger partial charge in [0.25, 0.3) is 0 Å². The highest BCUT2D eigenvalue weighted by Gasteiger charge is 2.33. The molecule has 4 nitrogen and oxygen atoms in total. The molecule has 1 aromatic carbocycles. The van der Waals surface area contributed by atoms with Crippen molar-refractivity contribution in [3.8, 4) is 11.4 Å². The number of nitrogens with zero attached hydrogens (tertiary/aromatic N) is 2. The number of aromatic nitrogens is 2. The first-order valence-electron chi connectivity index (χ1n) is 11.7. The fraction of sp³-hybridized carbons (Fsp3) is 0.667. The number of hydrogen-bond donors (Lipinski definition) is 1. The third-order valence-corrected chi connectivity index (χ3v) is 6.07. The first-order valence-corrected chi connectivity index (χ1v) is 11.7. The molecule has 1 aromatic heterocycles. The Labute approximate surface area is 195 Å². The molecule has 180 valence electrons. The minimum Gasteiger partial charge on any atom is -0.339 e. The van der Waals surface area contributed by atoms with Crippen LogP contribution in [0, 0.1) is 5.92 Å². The lowest BCUT2D eigenvalue weighted by molar-refractivity contribution is -0.138. The van der Waals surface area contributed by atoms with Gasteiger partial charge in [-0.05, 0) is 49.9 Å². The van der Waals surface area contributed by atoms with Gasteiger partial charge in [0, 0.05) is 12.0 Å². The van der Waals surface area contributed by atoms with Crippen LogP contribution < -0.4 is 5.32 Å². The van der Waals surface area contributed by atoms with Gasteiger partial charge in [0.2, 0.25) is 11.7 Å². The second-order valence-electron chi connectivity index (χ2n) is 8.67. The number of nitrogens with one attached hydrogen (secondary N) is 1. The maximum Gasteiger partial charge on any atom is 0.416 e. The predicted octanol–water partition coefficient (Wildman–Crippen LogP) is 7.01. The summed E-state index contributed by atoms with van der Waals surface area (Å²) in [6.45, 7) is 4.07. The molecule has 1 atom stereocenters. The monoisotopic (exact) mass is 473 g/mol. The van der Waals surface area contributed by atoms with Crippen molar-refractivity contribution in [3.63, 3.8) is 0 Å². The van der Waals surface area contributed by atoms with Gasteiger partial charge in [-0.2, -0.15) is 18.2 Å². The normalized spacial score (nSPS) is 16.3. The van der Waals surface area contributed by atoms with Gasteiger partial charge < -0.3 is 9.84 Å². The summed E-state index contributed by atoms with van der Waals surface area (Å²) in [4.78, 5) is 4.34. The van der Waals surface area contributed by atoms with Crippen LogP contribution >= 0.6 is 12.4 Å². The largest absolute Gasteiger partial charge is 0.416 e. The van der Waals surface area contributed by atoms with Crippen molar-refractivity contribution in [1.82, 2.24) is 15.5 Å². The molecule has 2 aromatic rings. The topological polar surface area (TPSA) is 51.0 Å². The highest BCUT2D eigenvalue weighted by atomic mass is 35.5. The Balaban J connectivity index is 0.00000363. The summed E-state index contributed by atoms with van der Waals surface area (Å²) in [7, 11) is 0. The lowest BCUT2D eigenvalue weighted by atomic mass is 9.97. The molecule has 1 aliphatic heterocycles. The van der Waals surface area contributed by atoms with Gasteiger partial charge in [0.15, 0.2) is 0 Å². The van der Waals surface area contributed by atoms with E-state index < -0.39 is 11.7 Å². The van der Waals surface area contributed by atoms with Crippen LogP contribution in [0.15, 0.2) is 22.7 Å². The standard InChI is InChI=1S/C24H34F3N3O.ClH/c1-2-3-4-5-6-7-8-9-10-19-11-12-20(16-21(19)24(25,26)27)23-29-22(31-30-23)15-18-13-14-28-17-18;/h11-12,16,18,28H,2-10,13-15,17H2,1H3;1H/t18-;/m0./s1. The Morgan fingerprint density at radius 1 is 1.06 bits per heavy atom. The van der Waals surface area contributed by atoms with Crippen molar-refractivity contribution in [1.29, 1.82) is 0 Å². The number of unbranched alkanes of at least 4 members (excludes halogenated alkanes) is 7. The summed E-state index contributed by atoms with van der Waals surface area (Å²) in [6, 6.07) is 4.43. The van der Waals surface area contributed by atoms with Crippen LogP contribution in [0.3, 0.4) is 0 Å². The molecule has 0 unspecified atom stereocenters. The number of halogens is 4. The van der Waals surface area contributed by atoms with E-state index >= 15 is 0 Å². The molecule has 0 radical (unpaired) electrons. The molecule has 0 aliphatic carbocycles. The van der Waals surface area contributed by atoms with Gasteiger partial charge in [-0.15, -0.1) is 12.4 Å². The minimum atomic E-state index is -4.40. The maximum atomic E-state index is 13.7. The lowest BCUT2D eigenvalue weighted by Crippen LogP contribution is -2.11. The van der Waals surface area contributed by atoms with Crippen molar-refractivity contribution >= 4 is 12.4 Å². The highest BCUT2D eigenvalue weighted by molar-refractivity contribution is 5.85. The summed E-state index contributed by atoms with van der Waals surface area (Å²) in [5, 5.41) is 7.21. The molecule has 32 heavy (non-hydrogen) atoms. The number of hydrogen-bond acceptors (Lipinski definition) is 4. The van der Waals surface area contributed by atoms with E-state index in [2.05, 4.69) is 22.4 Å². The maximum absolute atomic E-state index is 13.7. The Morgan fingerprint density at radius 3 is 2.44 bits per heavy atom. The second-order valence-corrected chi connectivity index (χ2v) is 8.67. The molecule has 0 saturated carbocycles. The molecule has 2 heterocycles. The van der Waals surface area contributed by atoms with E-state index in [1.807, 2.05) is 0 Å². The van der Waals surface area contributed by atoms with E-state index in [1.54, 1.807) is 12.1 Å². The Bertz CT molecular complexity index is 804. The number of aryl methyl sites for hydroxylation is 1. The fourth-order valence-electron chi connectivity index (χ4n) is 4.24. The van der Waals surface area contributed by atoms with Gasteiger partial charge in [0.05, 0.1) is 5.56 Å². The first kappa shape index (κ1) is 26.7. The van der Waals surface area contributed by atoms with Crippen LogP contribution in [0.2, 0.25) is 0 Å². The van der Waals surface area contributed by atoms with Crippen molar-refractivity contribution in [2.45, 2.75) is 83.7 Å². The molecule has 1 saturated heterocycles. The average Bonchev–Trinajstić information content (AvgIpc) is 3.42. The van der Waals surface area contributed by atoms with Crippen LogP contribution in [-0.4, -0.2) is 23.2 Å². The van der Waals surface area contributed by atoms with Crippen molar-refractivity contribution in [3.05, 3.63) is 35.2 Å². The summed E-state index contributed by atoms with van der Waals surface area (Å²) < 4.78 is 46.4. The van der Waals surface area contributed by atoms with Gasteiger partial charge in [-0.3, -0.25) is 0 Å². The van der Waals surface area contributed by atoms with Crippen LogP contribution in [0.5, 0.6) is 0 Å². The van der Waals surface area contributed by atoms with Crippen molar-refractivity contribution in [2.24, 2.45) is 5.92 Å². The smallest absolute Gasteiger partial charge is 0.339 e. The second kappa shape index (κ2) is 13.2. The molecule has 0 bridgehead atoms. The van der Waals surface area contributed by atoms with Crippen LogP contribution in [0.4, 0.5) is 13.2 Å². The van der Waals surface area contributed by atoms with E-state index in [0.717, 1.165) is 38.8 Å². The molecule has 1 fully saturated rings. The van der Waals surface area contributed by atoms with Gasteiger partial charge >= 0.3 is 6.18 Å². The van der Waals surface area contributed by atoms with E-state index in [1.165, 1.54) is 38.2 Å². The zero-order valence-electron chi connectivity index (χ0n) is 18.8. The van der Waals surface area contributed by atoms with Gasteiger partial charge in [0.1, 0.15) is 0 Å². The average molecular weight is 474 g/mol. The molecular weight excluding hydrogens is 439 g/mol. The Morgan fingerprint density at radius 2 is 1.78 bits per heavy atom. The molecule has 0 spiro atoms. The quantitative estimate of drug-likeness (QED) is 0.337. The zero-order chi connectivity index (χ0) is 22.1. The fourth-order valence-corrected chi connectivity index (χ4v) is 4.24. The SMILES string of the molecule is CCCCCCCCCCc1ccc(-c2noc(C[C@@H]3CCNC3)n2)cc1C(F)(F)F.Cl. The lowest BCUT2D eigenvalue weighted by Gasteiger charge is -2.14. The van der Waals surface area contributed by atoms with Crippen molar-refractivity contribution < 1.29 is 17.7 Å². The minimum absolute atomic E-state index is 0. The summed E-state index contributed by atoms with van der Waals surface area (Å²) in [5.74, 6) is 1.15. The van der Waals surface area contributed by atoms with Crippen LogP contribution in [-0.2, 0) is 19.0 Å². The predicted molar refractivity (Wildman–Crippen MR) is 123 cm³/mol. The highest BCUT2D eigenvalue weighted by Crippen LogP contribution is 2.35. The van der Waals surface area contributed by atoms with Gasteiger partial charge in [-0.1, -0.05) is 69.2 Å². The summed E-state index contributed by atoms with van der Waals surface area (Å²) in [5.41, 5.74) is 0.119. The molecular formula is C24H35ClF3N3O. The van der Waals surface area contributed by atoms with E-state index in [-0.39, 0.29) is 18.2 Å². The van der Waals surface area contributed by atoms with Crippen molar-refractivity contribution in [2.75, 3.05) is 13.1 Å². The van der Waals surface area contributed by atoms with E-state index in [9.17, 15) is 13.2 Å². The Kier molecular flexibility index (Phi) is 11.0. The third kappa shape index (κ3) is 8.07. The molecule has 0 amide bonds. The number of benzene rings is 1. The van der Waals surface area contributed by atoms with E-state index in [0.29, 0.717) is 35.8 Å². The first-order chi connectivity index (χ1) is 15.0. The molecule has 1 N–H and O–H groups in total. The number of alkyl halides is 3. The zero-order valence-corrected chi connectivity index (χ0v) is 19.7. The summed E-state index contributed by atoms with van der Waals surface area (Å²) >= 11 is 0. The molecule has 8 heteroatoms. The Hall–Kier alpha value is -1.60. The number of rotatable bonds is 12. The third-order valence-electron chi connectivity index (χ3n) is 6.07. The van der Waals surface area contributed by atoms with Crippen LogP contribution in [0.25, 0.3) is 11.4 Å². The summed E-state index contributed by atoms with van der Waals surface area (Å²) in [6.07, 6.45) is 6.71. The molecule has 3 rings (SSSR count).